The first-order valence-electron chi connectivity index (χ1n) is 5.58. The van der Waals surface area contributed by atoms with E-state index in [1.807, 2.05) is 0 Å². The molecule has 1 aromatic heterocycles. The molecule has 2 rings (SSSR count). The van der Waals surface area contributed by atoms with Gasteiger partial charge in [-0.15, -0.1) is 0 Å². The van der Waals surface area contributed by atoms with Crippen LogP contribution in [-0.4, -0.2) is 28.2 Å². The van der Waals surface area contributed by atoms with Crippen LogP contribution in [-0.2, 0) is 0 Å². The molecule has 2 aromatic rings. The predicted molar refractivity (Wildman–Crippen MR) is 70.0 cm³/mol. The third-order valence-electron chi connectivity index (χ3n) is 2.41. The van der Waals surface area contributed by atoms with Crippen LogP contribution in [0, 0.1) is 6.92 Å². The van der Waals surface area contributed by atoms with Crippen LogP contribution in [0.2, 0.25) is 0 Å². The molecular weight excluding hydrogens is 246 g/mol. The van der Waals surface area contributed by atoms with Crippen LogP contribution >= 0.6 is 0 Å². The highest BCUT2D eigenvalue weighted by molar-refractivity contribution is 5.89. The average Bonchev–Trinajstić information content (AvgIpc) is 2.38. The molecule has 6 nitrogen and oxygen atoms in total. The average molecular weight is 259 g/mol. The fraction of sp³-hybridized carbons (Fsp3) is 0.154. The van der Waals surface area contributed by atoms with E-state index >= 15 is 0 Å². The summed E-state index contributed by atoms with van der Waals surface area (Å²) in [6, 6.07) is 8.12. The molecule has 0 spiro atoms. The summed E-state index contributed by atoms with van der Waals surface area (Å²) in [7, 11) is 1.52. The Morgan fingerprint density at radius 1 is 1.32 bits per heavy atom. The zero-order valence-corrected chi connectivity index (χ0v) is 10.5. The molecule has 0 aliphatic carbocycles. The zero-order chi connectivity index (χ0) is 13.8. The number of aromatic nitrogens is 2. The van der Waals surface area contributed by atoms with Crippen LogP contribution in [0.4, 0.5) is 11.5 Å². The van der Waals surface area contributed by atoms with Crippen molar-refractivity contribution >= 4 is 17.5 Å². The van der Waals surface area contributed by atoms with Crippen molar-refractivity contribution in [2.24, 2.45) is 0 Å². The molecule has 1 heterocycles. The van der Waals surface area contributed by atoms with Gasteiger partial charge in [0.1, 0.15) is 11.6 Å². The van der Waals surface area contributed by atoms with E-state index < -0.39 is 5.97 Å². The Labute approximate surface area is 110 Å². The number of hydrogen-bond donors (Lipinski definition) is 2. The van der Waals surface area contributed by atoms with Gasteiger partial charge in [-0.05, 0) is 25.1 Å². The third kappa shape index (κ3) is 3.19. The number of carboxylic acids is 1. The SMILES string of the molecule is COc1cc(Nc2cccc(C(=O)O)c2)nc(C)n1. The molecule has 1 aromatic carbocycles. The van der Waals surface area contributed by atoms with Crippen molar-refractivity contribution in [3.63, 3.8) is 0 Å². The number of nitrogens with one attached hydrogen (secondary N) is 1. The lowest BCUT2D eigenvalue weighted by molar-refractivity contribution is 0.0697. The highest BCUT2D eigenvalue weighted by Gasteiger charge is 2.05. The third-order valence-corrected chi connectivity index (χ3v) is 2.41. The molecule has 19 heavy (non-hydrogen) atoms. The second kappa shape index (κ2) is 5.34. The smallest absolute Gasteiger partial charge is 0.335 e. The summed E-state index contributed by atoms with van der Waals surface area (Å²) in [5.41, 5.74) is 0.850. The minimum absolute atomic E-state index is 0.211. The summed E-state index contributed by atoms with van der Waals surface area (Å²) in [5, 5.41) is 11.9. The molecule has 0 amide bonds. The van der Waals surface area contributed by atoms with Gasteiger partial charge in [0.25, 0.3) is 0 Å². The molecule has 0 saturated heterocycles. The largest absolute Gasteiger partial charge is 0.481 e. The van der Waals surface area contributed by atoms with Crippen molar-refractivity contribution in [1.82, 2.24) is 9.97 Å². The minimum atomic E-state index is -0.972. The molecule has 0 radical (unpaired) electrons. The molecule has 0 atom stereocenters. The molecular formula is C13H13N3O3. The summed E-state index contributed by atoms with van der Waals surface area (Å²) in [6.07, 6.45) is 0. The van der Waals surface area contributed by atoms with Crippen molar-refractivity contribution in [2.75, 3.05) is 12.4 Å². The number of aryl methyl sites for hydroxylation is 1. The number of hydrogen-bond acceptors (Lipinski definition) is 5. The Bertz CT molecular complexity index is 614. The van der Waals surface area contributed by atoms with Crippen molar-refractivity contribution in [3.05, 3.63) is 41.7 Å². The maximum absolute atomic E-state index is 10.9. The molecule has 0 bridgehead atoms. The van der Waals surface area contributed by atoms with Gasteiger partial charge in [-0.3, -0.25) is 0 Å². The molecule has 98 valence electrons. The lowest BCUT2D eigenvalue weighted by Gasteiger charge is -2.08. The number of methoxy groups -OCH3 is 1. The quantitative estimate of drug-likeness (QED) is 0.875. The number of carboxylic acid groups (broad SMARTS) is 1. The summed E-state index contributed by atoms with van der Waals surface area (Å²) in [4.78, 5) is 19.2. The highest BCUT2D eigenvalue weighted by atomic mass is 16.5. The maximum Gasteiger partial charge on any atom is 0.335 e. The molecule has 0 unspecified atom stereocenters. The number of benzene rings is 1. The maximum atomic E-state index is 10.9. The number of carbonyl (C=O) groups is 1. The van der Waals surface area contributed by atoms with Crippen LogP contribution < -0.4 is 10.1 Å². The summed E-state index contributed by atoms with van der Waals surface area (Å²) in [6.45, 7) is 1.75. The zero-order valence-electron chi connectivity index (χ0n) is 10.5. The van der Waals surface area contributed by atoms with Gasteiger partial charge in [0.2, 0.25) is 5.88 Å². The van der Waals surface area contributed by atoms with E-state index in [2.05, 4.69) is 15.3 Å². The van der Waals surface area contributed by atoms with E-state index in [0.717, 1.165) is 0 Å². The fourth-order valence-corrected chi connectivity index (χ4v) is 1.59. The lowest BCUT2D eigenvalue weighted by atomic mass is 10.2. The van der Waals surface area contributed by atoms with Crippen molar-refractivity contribution in [1.29, 1.82) is 0 Å². The van der Waals surface area contributed by atoms with Gasteiger partial charge in [0.15, 0.2) is 0 Å². The van der Waals surface area contributed by atoms with Crippen LogP contribution in [0.1, 0.15) is 16.2 Å². The Morgan fingerprint density at radius 3 is 2.79 bits per heavy atom. The monoisotopic (exact) mass is 259 g/mol. The number of rotatable bonds is 4. The number of ether oxygens (including phenoxy) is 1. The van der Waals surface area contributed by atoms with Gasteiger partial charge >= 0.3 is 5.97 Å². The topological polar surface area (TPSA) is 84.3 Å². The lowest BCUT2D eigenvalue weighted by Crippen LogP contribution is -2.01. The van der Waals surface area contributed by atoms with Gasteiger partial charge in [-0.2, -0.15) is 4.98 Å². The van der Waals surface area contributed by atoms with E-state index in [1.165, 1.54) is 19.2 Å². The summed E-state index contributed by atoms with van der Waals surface area (Å²) >= 11 is 0. The van der Waals surface area contributed by atoms with Crippen LogP contribution in [0.15, 0.2) is 30.3 Å². The van der Waals surface area contributed by atoms with E-state index in [0.29, 0.717) is 23.2 Å². The van der Waals surface area contributed by atoms with Crippen molar-refractivity contribution in [2.45, 2.75) is 6.92 Å². The van der Waals surface area contributed by atoms with E-state index in [-0.39, 0.29) is 5.56 Å². The molecule has 0 aliphatic heterocycles. The standard InChI is InChI=1S/C13H13N3O3/c1-8-14-11(7-12(15-8)19-2)16-10-5-3-4-9(6-10)13(17)18/h3-7H,1-2H3,(H,17,18)(H,14,15,16). The number of aromatic carboxylic acids is 1. The van der Waals surface area contributed by atoms with E-state index in [4.69, 9.17) is 9.84 Å². The number of nitrogens with zero attached hydrogens (tertiary/aromatic N) is 2. The Morgan fingerprint density at radius 2 is 2.11 bits per heavy atom. The van der Waals surface area contributed by atoms with Gasteiger partial charge in [0, 0.05) is 11.8 Å². The number of anilines is 2. The van der Waals surface area contributed by atoms with E-state index in [1.54, 1.807) is 25.1 Å². The second-order valence-electron chi connectivity index (χ2n) is 3.85. The Kier molecular flexibility index (Phi) is 3.61. The first-order valence-corrected chi connectivity index (χ1v) is 5.58. The van der Waals surface area contributed by atoms with Gasteiger partial charge in [0.05, 0.1) is 12.7 Å². The second-order valence-corrected chi connectivity index (χ2v) is 3.85. The highest BCUT2D eigenvalue weighted by Crippen LogP contribution is 2.19. The summed E-state index contributed by atoms with van der Waals surface area (Å²) in [5.74, 6) is 0.590. The fourth-order valence-electron chi connectivity index (χ4n) is 1.59. The Balaban J connectivity index is 2.28. The molecule has 2 N–H and O–H groups in total. The van der Waals surface area contributed by atoms with Crippen molar-refractivity contribution < 1.29 is 14.6 Å². The predicted octanol–water partition coefficient (Wildman–Crippen LogP) is 2.24. The van der Waals surface area contributed by atoms with E-state index in [9.17, 15) is 4.79 Å². The van der Waals surface area contributed by atoms with Crippen LogP contribution in [0.5, 0.6) is 5.88 Å². The molecule has 0 fully saturated rings. The van der Waals surface area contributed by atoms with Crippen LogP contribution in [0.3, 0.4) is 0 Å². The van der Waals surface area contributed by atoms with Crippen LogP contribution in [0.25, 0.3) is 0 Å². The van der Waals surface area contributed by atoms with Gasteiger partial charge in [-0.25, -0.2) is 9.78 Å². The van der Waals surface area contributed by atoms with Crippen molar-refractivity contribution in [3.8, 4) is 5.88 Å². The first-order chi connectivity index (χ1) is 9.08. The molecule has 0 aliphatic rings. The summed E-state index contributed by atoms with van der Waals surface area (Å²) < 4.78 is 5.05. The van der Waals surface area contributed by atoms with Gasteiger partial charge < -0.3 is 15.2 Å². The molecule has 6 heteroatoms. The first kappa shape index (κ1) is 12.8. The molecule has 0 saturated carbocycles. The normalized spacial score (nSPS) is 10.0. The minimum Gasteiger partial charge on any atom is -0.481 e. The Hall–Kier alpha value is -2.63. The van der Waals surface area contributed by atoms with Gasteiger partial charge in [-0.1, -0.05) is 6.07 Å².